The molecule has 4 nitrogen and oxygen atoms in total. The monoisotopic (exact) mass is 435 g/mol. The number of halogens is 1. The predicted octanol–water partition coefficient (Wildman–Crippen LogP) is 5.21. The molecular weight excluding hydrogens is 406 g/mol. The molecule has 3 aromatic rings. The molecule has 0 amide bonds. The molecule has 0 heterocycles. The molecule has 0 aliphatic rings. The molecule has 0 aliphatic heterocycles. The van der Waals surface area contributed by atoms with Crippen molar-refractivity contribution in [1.29, 1.82) is 0 Å². The van der Waals surface area contributed by atoms with E-state index in [1.165, 1.54) is 0 Å². The summed E-state index contributed by atoms with van der Waals surface area (Å²) in [5.41, 5.74) is 2.56. The minimum atomic E-state index is -0.711. The van der Waals surface area contributed by atoms with Crippen molar-refractivity contribution in [3.05, 3.63) is 108 Å². The van der Waals surface area contributed by atoms with E-state index in [-0.39, 0.29) is 12.1 Å². The number of nitrogens with zero attached hydrogens (tertiary/aromatic N) is 2. The highest BCUT2D eigenvalue weighted by atomic mass is 35.5. The van der Waals surface area contributed by atoms with E-state index in [2.05, 4.69) is 82.8 Å². The van der Waals surface area contributed by atoms with Crippen molar-refractivity contribution in [1.82, 2.24) is 4.90 Å². The standard InChI is InChI=1S/C26H30ClN3O/c1-3-31-21(2)25(19-27)30(20-29-28)26(22-13-7-4-8-14-22,23-15-9-5-10-16-23)24-17-11-6-12-18-24/h4-18,20-21,25H,3,19,28H2,1-2H3/b29-20-. The van der Waals surface area contributed by atoms with Gasteiger partial charge in [0.2, 0.25) is 0 Å². The normalized spacial score (nSPS) is 13.8. The Morgan fingerprint density at radius 2 is 1.32 bits per heavy atom. The molecule has 0 bridgehead atoms. The SMILES string of the molecule is CCOC(C)C(CCl)N(/C=N\N)C(c1ccccc1)(c1ccccc1)c1ccccc1. The first kappa shape index (κ1) is 22.9. The van der Waals surface area contributed by atoms with E-state index in [0.29, 0.717) is 12.5 Å². The van der Waals surface area contributed by atoms with Crippen LogP contribution in [0.25, 0.3) is 0 Å². The van der Waals surface area contributed by atoms with E-state index in [9.17, 15) is 0 Å². The highest BCUT2D eigenvalue weighted by Crippen LogP contribution is 2.43. The van der Waals surface area contributed by atoms with E-state index in [4.69, 9.17) is 22.2 Å². The topological polar surface area (TPSA) is 50.8 Å². The van der Waals surface area contributed by atoms with Crippen molar-refractivity contribution in [3.8, 4) is 0 Å². The number of nitrogens with two attached hydrogens (primary N) is 1. The van der Waals surface area contributed by atoms with Gasteiger partial charge in [-0.2, -0.15) is 5.10 Å². The fraction of sp³-hybridized carbons (Fsp3) is 0.269. The number of hydrogen-bond donors (Lipinski definition) is 1. The van der Waals surface area contributed by atoms with E-state index < -0.39 is 5.54 Å². The molecular formula is C26H30ClN3O. The smallest absolute Gasteiger partial charge is 0.117 e. The second-order valence-electron chi connectivity index (χ2n) is 7.36. The van der Waals surface area contributed by atoms with Crippen molar-refractivity contribution < 1.29 is 4.74 Å². The molecule has 3 aromatic carbocycles. The van der Waals surface area contributed by atoms with Crippen LogP contribution in [-0.2, 0) is 10.3 Å². The highest BCUT2D eigenvalue weighted by Gasteiger charge is 2.45. The summed E-state index contributed by atoms with van der Waals surface area (Å²) in [7, 11) is 0. The molecule has 3 rings (SSSR count). The Labute approximate surface area is 190 Å². The van der Waals surface area contributed by atoms with Crippen molar-refractivity contribution in [2.75, 3.05) is 12.5 Å². The average molecular weight is 436 g/mol. The van der Waals surface area contributed by atoms with Gasteiger partial charge in [0.25, 0.3) is 0 Å². The van der Waals surface area contributed by atoms with Crippen LogP contribution in [-0.4, -0.2) is 35.9 Å². The lowest BCUT2D eigenvalue weighted by atomic mass is 9.75. The lowest BCUT2D eigenvalue weighted by molar-refractivity contribution is 0.0145. The minimum Gasteiger partial charge on any atom is -0.377 e. The maximum atomic E-state index is 6.57. The van der Waals surface area contributed by atoms with Crippen molar-refractivity contribution in [2.45, 2.75) is 31.5 Å². The number of hydrazone groups is 1. The van der Waals surface area contributed by atoms with Crippen molar-refractivity contribution in [2.24, 2.45) is 10.9 Å². The van der Waals surface area contributed by atoms with Gasteiger partial charge in [0, 0.05) is 12.5 Å². The first-order chi connectivity index (χ1) is 15.2. The summed E-state index contributed by atoms with van der Waals surface area (Å²) in [4.78, 5) is 2.15. The van der Waals surface area contributed by atoms with Crippen LogP contribution in [0.2, 0.25) is 0 Å². The van der Waals surface area contributed by atoms with E-state index in [1.54, 1.807) is 6.34 Å². The summed E-state index contributed by atoms with van der Waals surface area (Å²) in [6, 6.07) is 31.0. The Morgan fingerprint density at radius 3 is 1.65 bits per heavy atom. The second kappa shape index (κ2) is 11.0. The largest absolute Gasteiger partial charge is 0.377 e. The Hall–Kier alpha value is -2.82. The van der Waals surface area contributed by atoms with Gasteiger partial charge in [0.1, 0.15) is 11.9 Å². The lowest BCUT2D eigenvalue weighted by Crippen LogP contribution is -2.56. The molecule has 0 radical (unpaired) electrons. The Kier molecular flexibility index (Phi) is 8.10. The van der Waals surface area contributed by atoms with Gasteiger partial charge in [0.15, 0.2) is 0 Å². The summed E-state index contributed by atoms with van der Waals surface area (Å²) < 4.78 is 6.00. The van der Waals surface area contributed by atoms with Crippen LogP contribution >= 0.6 is 11.6 Å². The first-order valence-electron chi connectivity index (χ1n) is 10.6. The summed E-state index contributed by atoms with van der Waals surface area (Å²) >= 11 is 6.57. The average Bonchev–Trinajstić information content (AvgIpc) is 2.82. The second-order valence-corrected chi connectivity index (χ2v) is 7.67. The number of benzene rings is 3. The van der Waals surface area contributed by atoms with Crippen LogP contribution in [0.15, 0.2) is 96.1 Å². The van der Waals surface area contributed by atoms with E-state index in [1.807, 2.05) is 32.0 Å². The molecule has 5 heteroatoms. The van der Waals surface area contributed by atoms with Crippen molar-refractivity contribution >= 4 is 17.9 Å². The summed E-state index contributed by atoms with van der Waals surface area (Å²) in [6.07, 6.45) is 1.55. The van der Waals surface area contributed by atoms with Crippen LogP contribution in [0.5, 0.6) is 0 Å². The van der Waals surface area contributed by atoms with Gasteiger partial charge < -0.3 is 15.5 Å². The number of hydrogen-bond acceptors (Lipinski definition) is 3. The zero-order valence-electron chi connectivity index (χ0n) is 18.1. The minimum absolute atomic E-state index is 0.143. The van der Waals surface area contributed by atoms with Crippen molar-refractivity contribution in [3.63, 3.8) is 0 Å². The van der Waals surface area contributed by atoms with Gasteiger partial charge in [-0.3, -0.25) is 0 Å². The molecule has 162 valence electrons. The first-order valence-corrected chi connectivity index (χ1v) is 11.1. The van der Waals surface area contributed by atoms with Gasteiger partial charge in [-0.1, -0.05) is 91.0 Å². The lowest BCUT2D eigenvalue weighted by Gasteiger charge is -2.49. The molecule has 0 aromatic heterocycles. The molecule has 2 atom stereocenters. The zero-order valence-corrected chi connectivity index (χ0v) is 18.8. The van der Waals surface area contributed by atoms with Crippen LogP contribution in [0.3, 0.4) is 0 Å². The van der Waals surface area contributed by atoms with Crippen LogP contribution in [0.4, 0.5) is 0 Å². The van der Waals surface area contributed by atoms with Gasteiger partial charge in [0.05, 0.1) is 12.1 Å². The molecule has 0 fully saturated rings. The quantitative estimate of drug-likeness (QED) is 0.119. The maximum Gasteiger partial charge on any atom is 0.117 e. The third-order valence-corrected chi connectivity index (χ3v) is 5.96. The molecule has 31 heavy (non-hydrogen) atoms. The maximum absolute atomic E-state index is 6.57. The highest BCUT2D eigenvalue weighted by molar-refractivity contribution is 6.18. The molecule has 0 saturated heterocycles. The van der Waals surface area contributed by atoms with E-state index >= 15 is 0 Å². The third kappa shape index (κ3) is 4.60. The summed E-state index contributed by atoms with van der Waals surface area (Å²) in [5.74, 6) is 6.12. The Bertz CT molecular complexity index is 838. The number of rotatable bonds is 10. The molecule has 2 unspecified atom stereocenters. The van der Waals surface area contributed by atoms with Gasteiger partial charge >= 0.3 is 0 Å². The zero-order chi connectivity index (χ0) is 22.1. The van der Waals surface area contributed by atoms with E-state index in [0.717, 1.165) is 16.7 Å². The molecule has 0 spiro atoms. The van der Waals surface area contributed by atoms with Gasteiger partial charge in [-0.15, -0.1) is 11.6 Å². The predicted molar refractivity (Wildman–Crippen MR) is 129 cm³/mol. The molecule has 0 aliphatic carbocycles. The van der Waals surface area contributed by atoms with Gasteiger partial charge in [-0.25, -0.2) is 0 Å². The Balaban J connectivity index is 2.40. The molecule has 2 N–H and O–H groups in total. The van der Waals surface area contributed by atoms with Crippen LogP contribution in [0.1, 0.15) is 30.5 Å². The fourth-order valence-electron chi connectivity index (χ4n) is 4.28. The van der Waals surface area contributed by atoms with Crippen LogP contribution in [0, 0.1) is 0 Å². The van der Waals surface area contributed by atoms with Crippen LogP contribution < -0.4 is 5.84 Å². The fourth-order valence-corrected chi connectivity index (χ4v) is 4.68. The number of alkyl halides is 1. The summed E-state index contributed by atoms with van der Waals surface area (Å²) in [5, 5.41) is 3.98. The third-order valence-electron chi connectivity index (χ3n) is 5.64. The number of ether oxygens (including phenoxy) is 1. The summed E-state index contributed by atoms with van der Waals surface area (Å²) in [6.45, 7) is 4.62. The Morgan fingerprint density at radius 1 is 0.903 bits per heavy atom. The molecule has 0 saturated carbocycles. The van der Waals surface area contributed by atoms with Gasteiger partial charge in [-0.05, 0) is 30.5 Å².